The Morgan fingerprint density at radius 3 is 2.54 bits per heavy atom. The van der Waals surface area contributed by atoms with Gasteiger partial charge in [0.05, 0.1) is 42.5 Å². The number of hydrogen-bond donors (Lipinski definition) is 1. The van der Waals surface area contributed by atoms with E-state index in [9.17, 15) is 13.2 Å². The van der Waals surface area contributed by atoms with Crippen LogP contribution in [-0.2, 0) is 25.7 Å². The minimum absolute atomic E-state index is 0.0468. The number of thiocarbonyl (C=S) groups is 1. The number of nitriles is 1. The minimum Gasteiger partial charge on any atom is -0.481 e. The molecule has 0 saturated heterocycles. The summed E-state index contributed by atoms with van der Waals surface area (Å²) in [6.45, 7) is 0.827. The number of hydrogen-bond acceptors (Lipinski definition) is 5. The third-order valence-electron chi connectivity index (χ3n) is 6.04. The van der Waals surface area contributed by atoms with Gasteiger partial charge in [-0.2, -0.15) is 18.4 Å². The predicted octanol–water partition coefficient (Wildman–Crippen LogP) is 5.67. The van der Waals surface area contributed by atoms with Crippen LogP contribution in [0.5, 0.6) is 5.88 Å². The van der Waals surface area contributed by atoms with Gasteiger partial charge in [-0.25, -0.2) is 9.97 Å². The van der Waals surface area contributed by atoms with Crippen LogP contribution in [0.15, 0.2) is 79.4 Å². The lowest BCUT2D eigenvalue weighted by molar-refractivity contribution is -0.138. The van der Waals surface area contributed by atoms with E-state index < -0.39 is 11.7 Å². The summed E-state index contributed by atoms with van der Waals surface area (Å²) in [6, 6.07) is 18.2. The van der Waals surface area contributed by atoms with Crippen LogP contribution in [0.4, 0.5) is 18.9 Å². The van der Waals surface area contributed by atoms with E-state index in [2.05, 4.69) is 21.4 Å². The van der Waals surface area contributed by atoms with Gasteiger partial charge in [-0.05, 0) is 47.6 Å². The smallest absolute Gasteiger partial charge is 0.416 e. The standard InChI is InChI=1S/C28H25F3N6OS/c1-38-26-11-10-23(15-34-26)35-27(39)36(18-22-4-2-3-5-25(22)28(29,30)31)13-12-24-16-33-19-37(24)17-21-8-6-20(14-32)7-9-21/h2-11,15-16,19H,12-13,17-18H2,1H3,(H,35,39). The molecule has 0 aliphatic heterocycles. The molecule has 0 radical (unpaired) electrons. The summed E-state index contributed by atoms with van der Waals surface area (Å²) in [5.41, 5.74) is 2.46. The van der Waals surface area contributed by atoms with Crippen molar-refractivity contribution in [1.29, 1.82) is 5.26 Å². The van der Waals surface area contributed by atoms with E-state index in [1.54, 1.807) is 54.0 Å². The number of ether oxygens (including phenoxy) is 1. The number of alkyl halides is 3. The van der Waals surface area contributed by atoms with Gasteiger partial charge >= 0.3 is 6.18 Å². The number of aromatic nitrogens is 3. The summed E-state index contributed by atoms with van der Waals surface area (Å²) in [6.07, 6.45) is 0.968. The number of nitrogens with zero attached hydrogens (tertiary/aromatic N) is 5. The quantitative estimate of drug-likeness (QED) is 0.269. The molecule has 0 unspecified atom stereocenters. The molecular weight excluding hydrogens is 525 g/mol. The van der Waals surface area contributed by atoms with E-state index in [0.29, 0.717) is 36.6 Å². The number of rotatable bonds is 9. The molecule has 0 saturated carbocycles. The van der Waals surface area contributed by atoms with Crippen molar-refractivity contribution in [3.05, 3.63) is 107 Å². The summed E-state index contributed by atoms with van der Waals surface area (Å²) in [5.74, 6) is 0.429. The van der Waals surface area contributed by atoms with Crippen molar-refractivity contribution < 1.29 is 17.9 Å². The Balaban J connectivity index is 1.54. The molecular formula is C28H25F3N6OS. The van der Waals surface area contributed by atoms with E-state index in [1.807, 2.05) is 16.7 Å². The number of halogens is 3. The second-order valence-corrected chi connectivity index (χ2v) is 9.05. The van der Waals surface area contributed by atoms with E-state index >= 15 is 0 Å². The maximum absolute atomic E-state index is 13.7. The van der Waals surface area contributed by atoms with Gasteiger partial charge in [-0.15, -0.1) is 0 Å². The summed E-state index contributed by atoms with van der Waals surface area (Å²) in [5, 5.41) is 12.4. The summed E-state index contributed by atoms with van der Waals surface area (Å²) >= 11 is 5.64. The number of anilines is 1. The van der Waals surface area contributed by atoms with Crippen molar-refractivity contribution in [2.75, 3.05) is 19.0 Å². The molecule has 11 heteroatoms. The van der Waals surface area contributed by atoms with E-state index in [-0.39, 0.29) is 17.2 Å². The molecule has 0 spiro atoms. The van der Waals surface area contributed by atoms with Crippen molar-refractivity contribution in [2.24, 2.45) is 0 Å². The van der Waals surface area contributed by atoms with E-state index in [0.717, 1.165) is 17.3 Å². The van der Waals surface area contributed by atoms with Gasteiger partial charge in [0.25, 0.3) is 0 Å². The fourth-order valence-electron chi connectivity index (χ4n) is 4.00. The molecule has 0 bridgehead atoms. The number of pyridine rings is 1. The highest BCUT2D eigenvalue weighted by Gasteiger charge is 2.33. The first-order valence-corrected chi connectivity index (χ1v) is 12.4. The van der Waals surface area contributed by atoms with Crippen LogP contribution in [0.2, 0.25) is 0 Å². The van der Waals surface area contributed by atoms with Gasteiger partial charge in [0.2, 0.25) is 5.88 Å². The molecule has 39 heavy (non-hydrogen) atoms. The highest BCUT2D eigenvalue weighted by atomic mass is 32.1. The zero-order valence-electron chi connectivity index (χ0n) is 21.0. The highest BCUT2D eigenvalue weighted by Crippen LogP contribution is 2.32. The second-order valence-electron chi connectivity index (χ2n) is 8.67. The first kappa shape index (κ1) is 27.6. The van der Waals surface area contributed by atoms with Crippen LogP contribution < -0.4 is 10.1 Å². The molecule has 4 rings (SSSR count). The first-order valence-electron chi connectivity index (χ1n) is 12.0. The van der Waals surface area contributed by atoms with Crippen LogP contribution >= 0.6 is 12.2 Å². The van der Waals surface area contributed by atoms with Gasteiger partial charge < -0.3 is 19.5 Å². The molecule has 0 fully saturated rings. The van der Waals surface area contributed by atoms with Gasteiger partial charge in [0.15, 0.2) is 5.11 Å². The second kappa shape index (κ2) is 12.4. The van der Waals surface area contributed by atoms with Crippen LogP contribution in [0.3, 0.4) is 0 Å². The number of nitrogens with one attached hydrogen (secondary N) is 1. The van der Waals surface area contributed by atoms with Crippen molar-refractivity contribution in [1.82, 2.24) is 19.4 Å². The lowest BCUT2D eigenvalue weighted by Crippen LogP contribution is -2.36. The monoisotopic (exact) mass is 550 g/mol. The lowest BCUT2D eigenvalue weighted by Gasteiger charge is -2.27. The molecule has 200 valence electrons. The van der Waals surface area contributed by atoms with Crippen molar-refractivity contribution >= 4 is 23.0 Å². The Bertz CT molecular complexity index is 1450. The Hall–Kier alpha value is -4.43. The predicted molar refractivity (Wildman–Crippen MR) is 145 cm³/mol. The van der Waals surface area contributed by atoms with Crippen LogP contribution in [0.25, 0.3) is 0 Å². The van der Waals surface area contributed by atoms with Crippen molar-refractivity contribution in [2.45, 2.75) is 25.7 Å². The third-order valence-corrected chi connectivity index (χ3v) is 6.40. The zero-order chi connectivity index (χ0) is 27.8. The van der Waals surface area contributed by atoms with Crippen molar-refractivity contribution in [3.63, 3.8) is 0 Å². The third kappa shape index (κ3) is 7.33. The summed E-state index contributed by atoms with van der Waals surface area (Å²) < 4.78 is 48.2. The zero-order valence-corrected chi connectivity index (χ0v) is 21.8. The summed E-state index contributed by atoms with van der Waals surface area (Å²) in [4.78, 5) is 10.1. The Labute approximate surface area is 229 Å². The molecule has 0 aliphatic carbocycles. The maximum atomic E-state index is 13.7. The SMILES string of the molecule is COc1ccc(NC(=S)N(CCc2cncn2Cc2ccc(C#N)cc2)Cc2ccccc2C(F)(F)F)cn1. The fourth-order valence-corrected chi connectivity index (χ4v) is 4.27. The molecule has 4 aromatic rings. The molecule has 7 nitrogen and oxygen atoms in total. The molecule has 2 aromatic carbocycles. The average Bonchev–Trinajstić information content (AvgIpc) is 3.38. The Morgan fingerprint density at radius 1 is 1.10 bits per heavy atom. The van der Waals surface area contributed by atoms with Crippen LogP contribution in [0, 0.1) is 11.3 Å². The summed E-state index contributed by atoms with van der Waals surface area (Å²) in [7, 11) is 1.51. The molecule has 0 aliphatic rings. The fraction of sp³-hybridized carbons (Fsp3) is 0.214. The minimum atomic E-state index is -4.49. The number of methoxy groups -OCH3 is 1. The van der Waals surface area contributed by atoms with Gasteiger partial charge in [0, 0.05) is 44.0 Å². The molecule has 0 atom stereocenters. The molecule has 2 aromatic heterocycles. The lowest BCUT2D eigenvalue weighted by atomic mass is 10.1. The average molecular weight is 551 g/mol. The molecule has 0 amide bonds. The first-order chi connectivity index (χ1) is 18.8. The van der Waals surface area contributed by atoms with E-state index in [4.69, 9.17) is 22.2 Å². The van der Waals surface area contributed by atoms with Gasteiger partial charge in [-0.3, -0.25) is 0 Å². The number of benzene rings is 2. The van der Waals surface area contributed by atoms with E-state index in [1.165, 1.54) is 19.2 Å². The topological polar surface area (TPSA) is 79.0 Å². The van der Waals surface area contributed by atoms with Crippen LogP contribution in [0.1, 0.15) is 27.9 Å². The van der Waals surface area contributed by atoms with Crippen LogP contribution in [-0.4, -0.2) is 38.2 Å². The Morgan fingerprint density at radius 2 is 1.87 bits per heavy atom. The maximum Gasteiger partial charge on any atom is 0.416 e. The normalized spacial score (nSPS) is 11.1. The molecule has 1 N–H and O–H groups in total. The van der Waals surface area contributed by atoms with Crippen molar-refractivity contribution in [3.8, 4) is 11.9 Å². The number of imidazole rings is 1. The van der Waals surface area contributed by atoms with Gasteiger partial charge in [0.1, 0.15) is 0 Å². The largest absolute Gasteiger partial charge is 0.481 e. The highest BCUT2D eigenvalue weighted by molar-refractivity contribution is 7.80. The van der Waals surface area contributed by atoms with Gasteiger partial charge in [-0.1, -0.05) is 30.3 Å². The Kier molecular flexibility index (Phi) is 8.78. The molecule has 2 heterocycles.